The van der Waals surface area contributed by atoms with Crippen LogP contribution in [0.3, 0.4) is 0 Å². The SMILES string of the molecule is c1ccc2c(c1)Nc1c(ccc3c1=NCN=3)S2. The van der Waals surface area contributed by atoms with Gasteiger partial charge < -0.3 is 5.32 Å². The number of nitrogens with one attached hydrogen (secondary N) is 1. The van der Waals surface area contributed by atoms with Crippen molar-refractivity contribution in [3.63, 3.8) is 0 Å². The van der Waals surface area contributed by atoms with Crippen molar-refractivity contribution in [2.24, 2.45) is 9.98 Å². The molecule has 1 N–H and O–H groups in total. The van der Waals surface area contributed by atoms with Gasteiger partial charge in [0.05, 0.1) is 16.7 Å². The van der Waals surface area contributed by atoms with Gasteiger partial charge in [-0.2, -0.15) is 0 Å². The Kier molecular flexibility index (Phi) is 1.82. The molecule has 0 aliphatic carbocycles. The van der Waals surface area contributed by atoms with Crippen molar-refractivity contribution in [2.45, 2.75) is 9.79 Å². The summed E-state index contributed by atoms with van der Waals surface area (Å²) < 4.78 is 0. The molecule has 0 amide bonds. The van der Waals surface area contributed by atoms with Gasteiger partial charge in [-0.1, -0.05) is 23.9 Å². The van der Waals surface area contributed by atoms with Crippen LogP contribution in [0.5, 0.6) is 0 Å². The lowest BCUT2D eigenvalue weighted by Gasteiger charge is -2.20. The maximum atomic E-state index is 4.44. The first-order chi connectivity index (χ1) is 8.42. The number of fused-ring (bicyclic) bond motifs is 4. The molecule has 3 nitrogen and oxygen atoms in total. The molecule has 17 heavy (non-hydrogen) atoms. The summed E-state index contributed by atoms with van der Waals surface area (Å²) in [7, 11) is 0. The van der Waals surface area contributed by atoms with E-state index in [1.165, 1.54) is 9.79 Å². The van der Waals surface area contributed by atoms with Gasteiger partial charge in [0.25, 0.3) is 0 Å². The van der Waals surface area contributed by atoms with Gasteiger partial charge in [0.1, 0.15) is 12.0 Å². The summed E-state index contributed by atoms with van der Waals surface area (Å²) in [5.74, 6) is 0. The van der Waals surface area contributed by atoms with Gasteiger partial charge in [-0.15, -0.1) is 0 Å². The Morgan fingerprint density at radius 1 is 1.00 bits per heavy atom. The van der Waals surface area contributed by atoms with Crippen LogP contribution >= 0.6 is 11.8 Å². The van der Waals surface area contributed by atoms with E-state index in [2.05, 4.69) is 39.6 Å². The number of rotatable bonds is 0. The summed E-state index contributed by atoms with van der Waals surface area (Å²) in [5, 5.41) is 5.47. The first-order valence-electron chi connectivity index (χ1n) is 5.48. The zero-order valence-corrected chi connectivity index (χ0v) is 9.79. The highest BCUT2D eigenvalue weighted by molar-refractivity contribution is 7.99. The van der Waals surface area contributed by atoms with Gasteiger partial charge in [-0.05, 0) is 24.3 Å². The number of anilines is 2. The quantitative estimate of drug-likeness (QED) is 0.652. The molecule has 2 aromatic carbocycles. The fourth-order valence-corrected chi connectivity index (χ4v) is 3.15. The Bertz CT molecular complexity index is 737. The van der Waals surface area contributed by atoms with Gasteiger partial charge in [0, 0.05) is 9.79 Å². The van der Waals surface area contributed by atoms with E-state index in [1.807, 2.05) is 12.1 Å². The largest absolute Gasteiger partial charge is 0.352 e. The Morgan fingerprint density at radius 2 is 1.94 bits per heavy atom. The molecule has 2 aliphatic rings. The highest BCUT2D eigenvalue weighted by Gasteiger charge is 2.17. The molecule has 4 rings (SSSR count). The van der Waals surface area contributed by atoms with E-state index >= 15 is 0 Å². The van der Waals surface area contributed by atoms with E-state index in [0.29, 0.717) is 6.67 Å². The summed E-state index contributed by atoms with van der Waals surface area (Å²) in [6.07, 6.45) is 0. The van der Waals surface area contributed by atoms with Crippen LogP contribution in [0.4, 0.5) is 11.4 Å². The second kappa shape index (κ2) is 3.34. The van der Waals surface area contributed by atoms with Gasteiger partial charge in [0.2, 0.25) is 0 Å². The van der Waals surface area contributed by atoms with Gasteiger partial charge >= 0.3 is 0 Å². The van der Waals surface area contributed by atoms with Crippen LogP contribution in [0, 0.1) is 0 Å². The lowest BCUT2D eigenvalue weighted by Crippen LogP contribution is -2.26. The average molecular weight is 239 g/mol. The summed E-state index contributed by atoms with van der Waals surface area (Å²) in [5.41, 5.74) is 2.26. The molecular formula is C13H9N3S. The van der Waals surface area contributed by atoms with Gasteiger partial charge in [0.15, 0.2) is 0 Å². The zero-order valence-electron chi connectivity index (χ0n) is 8.97. The third-order valence-corrected chi connectivity index (χ3v) is 4.09. The third-order valence-electron chi connectivity index (χ3n) is 2.95. The molecule has 82 valence electrons. The van der Waals surface area contributed by atoms with Crippen molar-refractivity contribution < 1.29 is 0 Å². The highest BCUT2D eigenvalue weighted by Crippen LogP contribution is 2.41. The van der Waals surface area contributed by atoms with Crippen LogP contribution in [0.2, 0.25) is 0 Å². The lowest BCUT2D eigenvalue weighted by molar-refractivity contribution is 1.06. The van der Waals surface area contributed by atoms with Crippen LogP contribution in [0.1, 0.15) is 0 Å². The lowest BCUT2D eigenvalue weighted by atomic mass is 10.2. The number of nitrogens with zero attached hydrogens (tertiary/aromatic N) is 2. The summed E-state index contributed by atoms with van der Waals surface area (Å²) in [4.78, 5) is 11.3. The highest BCUT2D eigenvalue weighted by atomic mass is 32.2. The van der Waals surface area contributed by atoms with E-state index in [0.717, 1.165) is 22.1 Å². The monoisotopic (exact) mass is 239 g/mol. The van der Waals surface area contributed by atoms with Crippen LogP contribution in [0.25, 0.3) is 0 Å². The fourth-order valence-electron chi connectivity index (χ4n) is 2.15. The number of hydrogen-bond acceptors (Lipinski definition) is 4. The first kappa shape index (κ1) is 9.24. The molecule has 0 spiro atoms. The van der Waals surface area contributed by atoms with Gasteiger partial charge in [-0.3, -0.25) is 9.98 Å². The normalized spacial score (nSPS) is 14.8. The average Bonchev–Trinajstić information content (AvgIpc) is 2.85. The van der Waals surface area contributed by atoms with Crippen molar-refractivity contribution in [3.05, 3.63) is 47.1 Å². The molecule has 2 aromatic rings. The molecule has 0 radical (unpaired) electrons. The second-order valence-corrected chi connectivity index (χ2v) is 5.07. The van der Waals surface area contributed by atoms with E-state index in [-0.39, 0.29) is 0 Å². The number of hydrogen-bond donors (Lipinski definition) is 1. The van der Waals surface area contributed by atoms with Crippen LogP contribution in [-0.4, -0.2) is 6.67 Å². The molecule has 0 atom stereocenters. The fraction of sp³-hybridized carbons (Fsp3) is 0.0769. The maximum absolute atomic E-state index is 4.44. The van der Waals surface area contributed by atoms with Crippen molar-refractivity contribution in [1.29, 1.82) is 0 Å². The minimum atomic E-state index is 0.555. The molecule has 0 saturated heterocycles. The summed E-state index contributed by atoms with van der Waals surface area (Å²) >= 11 is 1.78. The van der Waals surface area contributed by atoms with Crippen molar-refractivity contribution in [3.8, 4) is 0 Å². The predicted octanol–water partition coefficient (Wildman–Crippen LogP) is 2.11. The van der Waals surface area contributed by atoms with E-state index in [1.54, 1.807) is 11.8 Å². The molecule has 0 aromatic heterocycles. The van der Waals surface area contributed by atoms with Crippen molar-refractivity contribution in [1.82, 2.24) is 0 Å². The first-order valence-corrected chi connectivity index (χ1v) is 6.29. The molecular weight excluding hydrogens is 230 g/mol. The Morgan fingerprint density at radius 3 is 2.94 bits per heavy atom. The number of para-hydroxylation sites is 1. The van der Waals surface area contributed by atoms with Crippen LogP contribution < -0.4 is 16.0 Å². The summed E-state index contributed by atoms with van der Waals surface area (Å²) in [6, 6.07) is 12.5. The summed E-state index contributed by atoms with van der Waals surface area (Å²) in [6.45, 7) is 0.555. The molecule has 0 bridgehead atoms. The standard InChI is InChI=1S/C13H9N3S/c1-2-4-10-8(3-1)16-13-11(17-10)6-5-9-12(13)15-7-14-9/h1-6,16H,7H2. The van der Waals surface area contributed by atoms with E-state index < -0.39 is 0 Å². The van der Waals surface area contributed by atoms with Crippen LogP contribution in [-0.2, 0) is 0 Å². The molecule has 0 fully saturated rings. The Labute approximate surface area is 102 Å². The molecule has 0 saturated carbocycles. The molecule has 2 aliphatic heterocycles. The third kappa shape index (κ3) is 1.31. The Balaban J connectivity index is 1.99. The molecule has 2 heterocycles. The minimum absolute atomic E-state index is 0.555. The molecule has 4 heteroatoms. The van der Waals surface area contributed by atoms with Gasteiger partial charge in [-0.25, -0.2) is 0 Å². The predicted molar refractivity (Wildman–Crippen MR) is 67.5 cm³/mol. The van der Waals surface area contributed by atoms with E-state index in [4.69, 9.17) is 0 Å². The van der Waals surface area contributed by atoms with E-state index in [9.17, 15) is 0 Å². The topological polar surface area (TPSA) is 36.8 Å². The Hall–Kier alpha value is -1.81. The zero-order chi connectivity index (χ0) is 11.2. The minimum Gasteiger partial charge on any atom is -0.352 e. The smallest absolute Gasteiger partial charge is 0.131 e. The van der Waals surface area contributed by atoms with Crippen molar-refractivity contribution in [2.75, 3.05) is 12.0 Å². The van der Waals surface area contributed by atoms with Crippen molar-refractivity contribution >= 4 is 23.1 Å². The molecule has 0 unspecified atom stereocenters. The maximum Gasteiger partial charge on any atom is 0.131 e. The second-order valence-electron chi connectivity index (χ2n) is 3.99. The van der Waals surface area contributed by atoms with Crippen LogP contribution in [0.15, 0.2) is 56.2 Å². The number of benzene rings is 2.